The normalized spacial score (nSPS) is 14.3. The molecule has 1 amide bonds. The predicted octanol–water partition coefficient (Wildman–Crippen LogP) is 1.53. The molecular weight excluding hydrogens is 431 g/mol. The van der Waals surface area contributed by atoms with Gasteiger partial charge >= 0.3 is 11.7 Å². The predicted molar refractivity (Wildman–Crippen MR) is 115 cm³/mol. The molecule has 0 atom stereocenters. The van der Waals surface area contributed by atoms with Crippen molar-refractivity contribution in [2.75, 3.05) is 32.8 Å². The largest absolute Gasteiger partial charge is 0.454 e. The van der Waals surface area contributed by atoms with Crippen LogP contribution in [-0.2, 0) is 27.4 Å². The molecule has 2 aromatic carbocycles. The minimum Gasteiger partial charge on any atom is -0.454 e. The fourth-order valence-corrected chi connectivity index (χ4v) is 3.51. The van der Waals surface area contributed by atoms with Crippen molar-refractivity contribution in [3.8, 4) is 11.5 Å². The van der Waals surface area contributed by atoms with Crippen LogP contribution >= 0.6 is 0 Å². The molecule has 172 valence electrons. The van der Waals surface area contributed by atoms with E-state index in [-0.39, 0.29) is 11.8 Å². The monoisotopic (exact) mass is 454 g/mol. The molecule has 9 nitrogen and oxygen atoms in total. The first-order chi connectivity index (χ1) is 16.0. The number of carbonyl (C=O) groups is 2. The van der Waals surface area contributed by atoms with Crippen LogP contribution in [0.4, 0.5) is 4.39 Å². The lowest BCUT2D eigenvalue weighted by molar-refractivity contribution is -0.153. The van der Waals surface area contributed by atoms with Gasteiger partial charge in [-0.1, -0.05) is 30.3 Å². The molecule has 10 heteroatoms. The molecule has 4 rings (SSSR count). The van der Waals surface area contributed by atoms with E-state index in [0.29, 0.717) is 18.7 Å². The molecule has 1 aliphatic heterocycles. The van der Waals surface area contributed by atoms with Crippen LogP contribution in [0.15, 0.2) is 63.8 Å². The number of hydrogen-bond acceptors (Lipinski definition) is 7. The molecule has 0 unspecified atom stereocenters. The molecule has 0 bridgehead atoms. The number of rotatable bonds is 7. The van der Waals surface area contributed by atoms with E-state index in [2.05, 4.69) is 22.1 Å². The highest BCUT2D eigenvalue weighted by Gasteiger charge is 2.22. The van der Waals surface area contributed by atoms with Crippen molar-refractivity contribution in [3.63, 3.8) is 0 Å². The minimum atomic E-state index is -0.855. The molecule has 1 fully saturated rings. The highest BCUT2D eigenvalue weighted by molar-refractivity contribution is 5.80. The Morgan fingerprint density at radius 3 is 2.39 bits per heavy atom. The number of esters is 1. The maximum Gasteiger partial charge on any atom is 0.437 e. The van der Waals surface area contributed by atoms with E-state index < -0.39 is 30.7 Å². The van der Waals surface area contributed by atoms with Crippen LogP contribution in [0.3, 0.4) is 0 Å². The summed E-state index contributed by atoms with van der Waals surface area (Å²) in [5.74, 6) is -2.41. The highest BCUT2D eigenvalue weighted by atomic mass is 19.1. The summed E-state index contributed by atoms with van der Waals surface area (Å²) in [6.45, 7) is 2.48. The van der Waals surface area contributed by atoms with Gasteiger partial charge in [0.1, 0.15) is 12.4 Å². The molecule has 1 saturated heterocycles. The summed E-state index contributed by atoms with van der Waals surface area (Å²) >= 11 is 0. The molecule has 2 heterocycles. The van der Waals surface area contributed by atoms with Gasteiger partial charge in [-0.2, -0.15) is 4.68 Å². The van der Waals surface area contributed by atoms with Crippen LogP contribution in [0, 0.1) is 5.82 Å². The van der Waals surface area contributed by atoms with Gasteiger partial charge in [-0.3, -0.25) is 14.5 Å². The van der Waals surface area contributed by atoms with Gasteiger partial charge in [0.2, 0.25) is 5.89 Å². The highest BCUT2D eigenvalue weighted by Crippen LogP contribution is 2.15. The Hall–Kier alpha value is -3.79. The first-order valence-electron chi connectivity index (χ1n) is 10.5. The van der Waals surface area contributed by atoms with Gasteiger partial charge in [0.05, 0.1) is 0 Å². The van der Waals surface area contributed by atoms with Crippen LogP contribution in [0.25, 0.3) is 11.5 Å². The third-order valence-electron chi connectivity index (χ3n) is 5.31. The molecule has 0 saturated carbocycles. The van der Waals surface area contributed by atoms with E-state index in [9.17, 15) is 18.8 Å². The Bertz CT molecular complexity index is 1150. The van der Waals surface area contributed by atoms with Crippen molar-refractivity contribution in [1.29, 1.82) is 0 Å². The quantitative estimate of drug-likeness (QED) is 0.500. The van der Waals surface area contributed by atoms with Crippen molar-refractivity contribution < 1.29 is 23.1 Å². The van der Waals surface area contributed by atoms with Gasteiger partial charge < -0.3 is 14.1 Å². The van der Waals surface area contributed by atoms with Crippen LogP contribution in [0.5, 0.6) is 0 Å². The average molecular weight is 454 g/mol. The van der Waals surface area contributed by atoms with Gasteiger partial charge in [0.15, 0.2) is 6.61 Å². The summed E-state index contributed by atoms with van der Waals surface area (Å²) in [6.07, 6.45) is 0. The van der Waals surface area contributed by atoms with E-state index in [1.807, 2.05) is 18.2 Å². The molecule has 1 aliphatic rings. The summed E-state index contributed by atoms with van der Waals surface area (Å²) in [7, 11) is 0. The van der Waals surface area contributed by atoms with Gasteiger partial charge in [-0.05, 0) is 29.8 Å². The number of amides is 1. The standard InChI is InChI=1S/C23H23FN4O5/c24-19-8-6-18(7-9-19)22-25-28(23(31)33-22)15-21(30)32-16-20(29)27-12-10-26(11-13-27)14-17-4-2-1-3-5-17/h1-9H,10-16H2. The summed E-state index contributed by atoms with van der Waals surface area (Å²) in [5, 5.41) is 3.92. The Balaban J connectivity index is 1.23. The molecule has 3 aromatic rings. The number of nitrogens with zero attached hydrogens (tertiary/aromatic N) is 4. The maximum absolute atomic E-state index is 13.0. The number of benzene rings is 2. The van der Waals surface area contributed by atoms with Crippen molar-refractivity contribution >= 4 is 11.9 Å². The number of aromatic nitrogens is 2. The van der Waals surface area contributed by atoms with Gasteiger partial charge in [0, 0.05) is 38.3 Å². The lowest BCUT2D eigenvalue weighted by Gasteiger charge is -2.34. The minimum absolute atomic E-state index is 0.0442. The molecule has 0 N–H and O–H groups in total. The Labute approximate surface area is 189 Å². The topological polar surface area (TPSA) is 97.9 Å². The van der Waals surface area contributed by atoms with Gasteiger partial charge in [0.25, 0.3) is 5.91 Å². The smallest absolute Gasteiger partial charge is 0.437 e. The van der Waals surface area contributed by atoms with E-state index >= 15 is 0 Å². The van der Waals surface area contributed by atoms with E-state index in [1.165, 1.54) is 29.8 Å². The van der Waals surface area contributed by atoms with Crippen molar-refractivity contribution in [2.24, 2.45) is 0 Å². The first-order valence-corrected chi connectivity index (χ1v) is 10.5. The van der Waals surface area contributed by atoms with E-state index in [4.69, 9.17) is 9.15 Å². The van der Waals surface area contributed by atoms with Crippen LogP contribution in [0.1, 0.15) is 5.56 Å². The number of hydrogen-bond donors (Lipinski definition) is 0. The number of halogens is 1. The van der Waals surface area contributed by atoms with Crippen molar-refractivity contribution in [3.05, 3.63) is 76.5 Å². The van der Waals surface area contributed by atoms with E-state index in [1.54, 1.807) is 4.90 Å². The zero-order chi connectivity index (χ0) is 23.2. The van der Waals surface area contributed by atoms with Crippen molar-refractivity contribution in [2.45, 2.75) is 13.1 Å². The lowest BCUT2D eigenvalue weighted by Crippen LogP contribution is -2.49. The molecule has 0 spiro atoms. The second-order valence-electron chi connectivity index (χ2n) is 7.64. The average Bonchev–Trinajstić information content (AvgIpc) is 3.19. The Morgan fingerprint density at radius 2 is 1.70 bits per heavy atom. The van der Waals surface area contributed by atoms with Crippen LogP contribution in [0.2, 0.25) is 0 Å². The van der Waals surface area contributed by atoms with Crippen molar-refractivity contribution in [1.82, 2.24) is 19.6 Å². The summed E-state index contributed by atoms with van der Waals surface area (Å²) in [5.41, 5.74) is 1.61. The third-order valence-corrected chi connectivity index (χ3v) is 5.31. The Kier molecular flexibility index (Phi) is 6.94. The molecular formula is C23H23FN4O5. The summed E-state index contributed by atoms with van der Waals surface area (Å²) < 4.78 is 23.9. The van der Waals surface area contributed by atoms with Gasteiger partial charge in [-0.25, -0.2) is 9.18 Å². The second-order valence-corrected chi connectivity index (χ2v) is 7.64. The zero-order valence-electron chi connectivity index (χ0n) is 17.9. The number of piperazine rings is 1. The molecule has 1 aromatic heterocycles. The fourth-order valence-electron chi connectivity index (χ4n) is 3.51. The zero-order valence-corrected chi connectivity index (χ0v) is 17.9. The van der Waals surface area contributed by atoms with E-state index in [0.717, 1.165) is 24.3 Å². The molecule has 0 radical (unpaired) electrons. The lowest BCUT2D eigenvalue weighted by atomic mass is 10.2. The summed E-state index contributed by atoms with van der Waals surface area (Å²) in [6, 6.07) is 15.3. The van der Waals surface area contributed by atoms with Crippen LogP contribution < -0.4 is 5.76 Å². The maximum atomic E-state index is 13.0. The first kappa shape index (κ1) is 22.4. The number of carbonyl (C=O) groups excluding carboxylic acids is 2. The number of ether oxygens (including phenoxy) is 1. The Morgan fingerprint density at radius 1 is 1.00 bits per heavy atom. The fraction of sp³-hybridized carbons (Fsp3) is 0.304. The van der Waals surface area contributed by atoms with Gasteiger partial charge in [-0.15, -0.1) is 5.10 Å². The third kappa shape index (κ3) is 5.92. The van der Waals surface area contributed by atoms with Crippen LogP contribution in [-0.4, -0.2) is 64.2 Å². The molecule has 0 aliphatic carbocycles. The molecule has 33 heavy (non-hydrogen) atoms. The second kappa shape index (κ2) is 10.2. The SMILES string of the molecule is O=C(Cn1nc(-c2ccc(F)cc2)oc1=O)OCC(=O)N1CCN(Cc2ccccc2)CC1. The summed E-state index contributed by atoms with van der Waals surface area (Å²) in [4.78, 5) is 40.4.